The molecule has 2 rings (SSSR count). The van der Waals surface area contributed by atoms with Crippen molar-refractivity contribution in [3.8, 4) is 6.07 Å². The number of benzene rings is 1. The normalized spacial score (nSPS) is 16.2. The molecule has 1 fully saturated rings. The highest BCUT2D eigenvalue weighted by molar-refractivity contribution is 5.60. The molecule has 21 heavy (non-hydrogen) atoms. The van der Waals surface area contributed by atoms with Gasteiger partial charge in [0.15, 0.2) is 0 Å². The molecule has 4 heteroatoms. The van der Waals surface area contributed by atoms with Crippen LogP contribution in [0, 0.1) is 11.3 Å². The molecular weight excluding hydrogens is 260 g/mol. The maximum absolute atomic E-state index is 9.44. The Morgan fingerprint density at radius 1 is 1.24 bits per heavy atom. The van der Waals surface area contributed by atoms with Crippen LogP contribution in [-0.4, -0.2) is 43.7 Å². The van der Waals surface area contributed by atoms with Crippen LogP contribution < -0.4 is 10.2 Å². The molecule has 0 amide bonds. The zero-order valence-electron chi connectivity index (χ0n) is 13.4. The Bertz CT molecular complexity index is 496. The Kier molecular flexibility index (Phi) is 5.60. The molecule has 1 aliphatic rings. The number of rotatable bonds is 5. The molecule has 0 aliphatic carbocycles. The van der Waals surface area contributed by atoms with Crippen LogP contribution in [0.2, 0.25) is 0 Å². The van der Waals surface area contributed by atoms with Crippen molar-refractivity contribution >= 4 is 5.69 Å². The molecule has 114 valence electrons. The molecule has 4 nitrogen and oxygen atoms in total. The van der Waals surface area contributed by atoms with Gasteiger partial charge in [-0.25, -0.2) is 0 Å². The van der Waals surface area contributed by atoms with Gasteiger partial charge in [0.05, 0.1) is 11.3 Å². The maximum atomic E-state index is 9.44. The van der Waals surface area contributed by atoms with Gasteiger partial charge in [-0.2, -0.15) is 5.26 Å². The standard InChI is InChI=1S/C17H26N4/c1-4-20-7-9-21(10-8-20)17-6-5-15(11-16(17)12-18)13-19-14(2)3/h5-6,11,14,19H,4,7-10,13H2,1-3H3. The third-order valence-corrected chi connectivity index (χ3v) is 4.06. The topological polar surface area (TPSA) is 42.3 Å². The summed E-state index contributed by atoms with van der Waals surface area (Å²) >= 11 is 0. The van der Waals surface area contributed by atoms with E-state index in [-0.39, 0.29) is 0 Å². The second kappa shape index (κ2) is 7.44. The summed E-state index contributed by atoms with van der Waals surface area (Å²) in [7, 11) is 0. The van der Waals surface area contributed by atoms with E-state index in [9.17, 15) is 5.26 Å². The van der Waals surface area contributed by atoms with E-state index in [1.165, 1.54) is 5.56 Å². The van der Waals surface area contributed by atoms with Crippen molar-refractivity contribution < 1.29 is 0 Å². The summed E-state index contributed by atoms with van der Waals surface area (Å²) < 4.78 is 0. The van der Waals surface area contributed by atoms with Gasteiger partial charge in [0.2, 0.25) is 0 Å². The molecular formula is C17H26N4. The minimum absolute atomic E-state index is 0.456. The smallest absolute Gasteiger partial charge is 0.101 e. The molecule has 1 heterocycles. The highest BCUT2D eigenvalue weighted by atomic mass is 15.3. The zero-order valence-corrected chi connectivity index (χ0v) is 13.4. The van der Waals surface area contributed by atoms with Crippen LogP contribution in [0.25, 0.3) is 0 Å². The minimum Gasteiger partial charge on any atom is -0.368 e. The molecule has 0 unspecified atom stereocenters. The Labute approximate surface area is 128 Å². The fourth-order valence-electron chi connectivity index (χ4n) is 2.69. The number of nitrogens with zero attached hydrogens (tertiary/aromatic N) is 3. The average molecular weight is 286 g/mol. The first kappa shape index (κ1) is 15.8. The van der Waals surface area contributed by atoms with Crippen LogP contribution in [0.15, 0.2) is 18.2 Å². The van der Waals surface area contributed by atoms with Crippen LogP contribution in [0.1, 0.15) is 31.9 Å². The summed E-state index contributed by atoms with van der Waals surface area (Å²) in [6.07, 6.45) is 0. The predicted molar refractivity (Wildman–Crippen MR) is 87.5 cm³/mol. The Balaban J connectivity index is 2.08. The van der Waals surface area contributed by atoms with E-state index < -0.39 is 0 Å². The van der Waals surface area contributed by atoms with Crippen LogP contribution in [-0.2, 0) is 6.54 Å². The molecule has 0 spiro atoms. The van der Waals surface area contributed by atoms with E-state index >= 15 is 0 Å². The fourth-order valence-corrected chi connectivity index (χ4v) is 2.69. The van der Waals surface area contributed by atoms with Gasteiger partial charge in [-0.3, -0.25) is 0 Å². The number of likely N-dealkylation sites (N-methyl/N-ethyl adjacent to an activating group) is 1. The molecule has 0 saturated carbocycles. The lowest BCUT2D eigenvalue weighted by molar-refractivity contribution is 0.271. The Morgan fingerprint density at radius 2 is 1.95 bits per heavy atom. The summed E-state index contributed by atoms with van der Waals surface area (Å²) in [5, 5.41) is 12.8. The molecule has 0 bridgehead atoms. The monoisotopic (exact) mass is 286 g/mol. The first-order valence-electron chi connectivity index (χ1n) is 7.87. The molecule has 1 aromatic carbocycles. The minimum atomic E-state index is 0.456. The largest absolute Gasteiger partial charge is 0.368 e. The van der Waals surface area contributed by atoms with Crippen molar-refractivity contribution in [3.63, 3.8) is 0 Å². The highest BCUT2D eigenvalue weighted by Crippen LogP contribution is 2.23. The molecule has 1 N–H and O–H groups in total. The van der Waals surface area contributed by atoms with E-state index in [0.29, 0.717) is 6.04 Å². The number of hydrogen-bond acceptors (Lipinski definition) is 4. The van der Waals surface area contributed by atoms with E-state index in [4.69, 9.17) is 0 Å². The van der Waals surface area contributed by atoms with Gasteiger partial charge in [-0.1, -0.05) is 26.8 Å². The van der Waals surface area contributed by atoms with Crippen LogP contribution in [0.4, 0.5) is 5.69 Å². The van der Waals surface area contributed by atoms with E-state index in [0.717, 1.165) is 50.5 Å². The van der Waals surface area contributed by atoms with Crippen LogP contribution >= 0.6 is 0 Å². The van der Waals surface area contributed by atoms with E-state index in [1.807, 2.05) is 6.07 Å². The third-order valence-electron chi connectivity index (χ3n) is 4.06. The SMILES string of the molecule is CCN1CCN(c2ccc(CNC(C)C)cc2C#N)CC1. The van der Waals surface area contributed by atoms with Crippen molar-refractivity contribution in [2.75, 3.05) is 37.6 Å². The predicted octanol–water partition coefficient (Wildman–Crippen LogP) is 2.20. The summed E-state index contributed by atoms with van der Waals surface area (Å²) in [6.45, 7) is 12.6. The van der Waals surface area contributed by atoms with E-state index in [1.54, 1.807) is 0 Å². The van der Waals surface area contributed by atoms with Gasteiger partial charge in [-0.05, 0) is 24.2 Å². The lowest BCUT2D eigenvalue weighted by atomic mass is 10.1. The molecule has 1 aliphatic heterocycles. The van der Waals surface area contributed by atoms with Crippen molar-refractivity contribution in [1.82, 2.24) is 10.2 Å². The van der Waals surface area contributed by atoms with E-state index in [2.05, 4.69) is 54.1 Å². The second-order valence-electron chi connectivity index (χ2n) is 5.92. The van der Waals surface area contributed by atoms with Crippen molar-refractivity contribution in [2.45, 2.75) is 33.4 Å². The summed E-state index contributed by atoms with van der Waals surface area (Å²) in [6, 6.07) is 9.09. The first-order valence-corrected chi connectivity index (χ1v) is 7.87. The Hall–Kier alpha value is -1.57. The fraction of sp³-hybridized carbons (Fsp3) is 0.588. The summed E-state index contributed by atoms with van der Waals surface area (Å²) in [5.41, 5.74) is 3.06. The maximum Gasteiger partial charge on any atom is 0.101 e. The number of hydrogen-bond donors (Lipinski definition) is 1. The molecule has 0 atom stereocenters. The third kappa shape index (κ3) is 4.20. The summed E-state index contributed by atoms with van der Waals surface area (Å²) in [4.78, 5) is 4.79. The molecule has 0 radical (unpaired) electrons. The Morgan fingerprint density at radius 3 is 2.52 bits per heavy atom. The van der Waals surface area contributed by atoms with Gasteiger partial charge in [0.25, 0.3) is 0 Å². The number of piperazine rings is 1. The zero-order chi connectivity index (χ0) is 15.2. The molecule has 0 aromatic heterocycles. The average Bonchev–Trinajstić information content (AvgIpc) is 2.52. The molecule has 1 saturated heterocycles. The lowest BCUT2D eigenvalue weighted by Gasteiger charge is -2.36. The van der Waals surface area contributed by atoms with Gasteiger partial charge in [0.1, 0.15) is 6.07 Å². The van der Waals surface area contributed by atoms with Gasteiger partial charge < -0.3 is 15.1 Å². The van der Waals surface area contributed by atoms with Crippen molar-refractivity contribution in [2.24, 2.45) is 0 Å². The second-order valence-corrected chi connectivity index (χ2v) is 5.92. The van der Waals surface area contributed by atoms with Gasteiger partial charge >= 0.3 is 0 Å². The quantitative estimate of drug-likeness (QED) is 0.901. The lowest BCUT2D eigenvalue weighted by Crippen LogP contribution is -2.46. The van der Waals surface area contributed by atoms with Crippen LogP contribution in [0.5, 0.6) is 0 Å². The van der Waals surface area contributed by atoms with Gasteiger partial charge in [0, 0.05) is 38.8 Å². The van der Waals surface area contributed by atoms with Crippen LogP contribution in [0.3, 0.4) is 0 Å². The number of nitrogens with one attached hydrogen (secondary N) is 1. The number of anilines is 1. The van der Waals surface area contributed by atoms with Gasteiger partial charge in [-0.15, -0.1) is 0 Å². The number of nitriles is 1. The first-order chi connectivity index (χ1) is 10.1. The highest BCUT2D eigenvalue weighted by Gasteiger charge is 2.18. The van der Waals surface area contributed by atoms with Crippen molar-refractivity contribution in [1.29, 1.82) is 5.26 Å². The summed E-state index contributed by atoms with van der Waals surface area (Å²) in [5.74, 6) is 0. The molecule has 1 aromatic rings. The van der Waals surface area contributed by atoms with Crippen molar-refractivity contribution in [3.05, 3.63) is 29.3 Å².